The topological polar surface area (TPSA) is 63.1 Å². The number of aryl methyl sites for hydroxylation is 1. The lowest BCUT2D eigenvalue weighted by Gasteiger charge is -2.49. The molecule has 2 aliphatic carbocycles. The quantitative estimate of drug-likeness (QED) is 0.645. The van der Waals surface area contributed by atoms with Crippen LogP contribution in [0.25, 0.3) is 11.4 Å². The molecule has 2 aliphatic rings. The number of aliphatic hydroxyl groups is 1. The molecule has 0 spiro atoms. The van der Waals surface area contributed by atoms with Crippen LogP contribution in [0, 0.1) is 11.8 Å². The van der Waals surface area contributed by atoms with Crippen LogP contribution in [0.5, 0.6) is 0 Å². The Bertz CT molecular complexity index is 875. The van der Waals surface area contributed by atoms with Crippen molar-refractivity contribution in [3.8, 4) is 11.4 Å². The first-order valence-corrected chi connectivity index (χ1v) is 9.37. The number of carbonyl (C=O) groups excluding carboxylic acids is 1. The highest BCUT2D eigenvalue weighted by Crippen LogP contribution is 2.52. The van der Waals surface area contributed by atoms with E-state index < -0.39 is 0 Å². The molecule has 0 saturated heterocycles. The first kappa shape index (κ1) is 17.0. The third-order valence-corrected chi connectivity index (χ3v) is 6.27. The highest BCUT2D eigenvalue weighted by molar-refractivity contribution is 5.98. The third-order valence-electron chi connectivity index (χ3n) is 6.27. The Labute approximate surface area is 154 Å². The van der Waals surface area contributed by atoms with Gasteiger partial charge in [0.1, 0.15) is 0 Å². The van der Waals surface area contributed by atoms with Gasteiger partial charge in [-0.1, -0.05) is 44.2 Å². The fourth-order valence-electron chi connectivity index (χ4n) is 4.96. The van der Waals surface area contributed by atoms with Crippen LogP contribution in [-0.2, 0) is 16.6 Å². The van der Waals surface area contributed by atoms with Gasteiger partial charge in [0.15, 0.2) is 11.6 Å². The van der Waals surface area contributed by atoms with Crippen LogP contribution < -0.4 is 0 Å². The number of Topliss-reactive ketones (excluding diaryl/α,β-unsaturated/α-hetero) is 1. The van der Waals surface area contributed by atoms with Gasteiger partial charge in [-0.05, 0) is 37.2 Å². The summed E-state index contributed by atoms with van der Waals surface area (Å²) < 4.78 is 0. The van der Waals surface area contributed by atoms with Crippen LogP contribution in [0.1, 0.15) is 44.4 Å². The lowest BCUT2D eigenvalue weighted by Crippen LogP contribution is -2.49. The zero-order valence-corrected chi connectivity index (χ0v) is 15.3. The second-order valence-electron chi connectivity index (χ2n) is 7.71. The van der Waals surface area contributed by atoms with Crippen LogP contribution in [0.2, 0.25) is 0 Å². The van der Waals surface area contributed by atoms with Crippen molar-refractivity contribution in [2.24, 2.45) is 11.8 Å². The molecule has 2 aromatic rings. The summed E-state index contributed by atoms with van der Waals surface area (Å²) in [6.07, 6.45) is 6.18. The van der Waals surface area contributed by atoms with Crippen molar-refractivity contribution < 1.29 is 9.90 Å². The van der Waals surface area contributed by atoms with Crippen LogP contribution >= 0.6 is 0 Å². The van der Waals surface area contributed by atoms with Gasteiger partial charge in [0.25, 0.3) is 0 Å². The van der Waals surface area contributed by atoms with Crippen LogP contribution in [0.15, 0.2) is 48.4 Å². The molecule has 1 fully saturated rings. The van der Waals surface area contributed by atoms with Crippen molar-refractivity contribution in [1.82, 2.24) is 9.97 Å². The fourth-order valence-corrected chi connectivity index (χ4v) is 4.96. The first-order chi connectivity index (χ1) is 12.6. The molecule has 3 atom stereocenters. The van der Waals surface area contributed by atoms with Crippen LogP contribution in [0.3, 0.4) is 0 Å². The summed E-state index contributed by atoms with van der Waals surface area (Å²) in [5, 5.41) is 9.64. The highest BCUT2D eigenvalue weighted by atomic mass is 16.2. The summed E-state index contributed by atoms with van der Waals surface area (Å²) in [4.78, 5) is 22.3. The zero-order valence-electron chi connectivity index (χ0n) is 15.3. The molecule has 4 heteroatoms. The predicted octanol–water partition coefficient (Wildman–Crippen LogP) is 4.40. The van der Waals surface area contributed by atoms with Gasteiger partial charge in [-0.15, -0.1) is 0 Å². The van der Waals surface area contributed by atoms with E-state index >= 15 is 0 Å². The standard InChI is InChI=1S/C22H24N2O2/c1-3-17-18-10-9-15-12-23-21(14-7-5-4-6-8-14)24-20(15)22(18,2)11-16(13-25)19(17)26/h4-8,12-13,17-18,25H,3,9-11H2,1-2H3/b16-13-/t17-,18-,22-/m0/s1. The number of hydrogen-bond donors (Lipinski definition) is 1. The van der Waals surface area contributed by atoms with E-state index in [0.29, 0.717) is 12.0 Å². The summed E-state index contributed by atoms with van der Waals surface area (Å²) in [6, 6.07) is 9.99. The lowest BCUT2D eigenvalue weighted by molar-refractivity contribution is -0.125. The summed E-state index contributed by atoms with van der Waals surface area (Å²) in [6.45, 7) is 4.27. The maximum absolute atomic E-state index is 12.7. The minimum absolute atomic E-state index is 0.0459. The molecule has 4 rings (SSSR count). The third kappa shape index (κ3) is 2.47. The van der Waals surface area contributed by atoms with Crippen molar-refractivity contribution in [2.45, 2.75) is 44.9 Å². The van der Waals surface area contributed by atoms with Crippen LogP contribution in [-0.4, -0.2) is 20.9 Å². The molecule has 0 aliphatic heterocycles. The molecule has 1 heterocycles. The minimum atomic E-state index is -0.247. The normalized spacial score (nSPS) is 29.3. The van der Waals surface area contributed by atoms with E-state index in [1.165, 1.54) is 5.56 Å². The number of benzene rings is 1. The lowest BCUT2D eigenvalue weighted by atomic mass is 9.54. The van der Waals surface area contributed by atoms with E-state index in [0.717, 1.165) is 42.6 Å². The Hall–Kier alpha value is -2.49. The molecule has 1 saturated carbocycles. The molecular formula is C22H24N2O2. The van der Waals surface area contributed by atoms with Gasteiger partial charge in [0.05, 0.1) is 12.0 Å². The maximum Gasteiger partial charge on any atom is 0.165 e. The Balaban J connectivity index is 1.85. The Morgan fingerprint density at radius 1 is 1.31 bits per heavy atom. The van der Waals surface area contributed by atoms with Crippen molar-refractivity contribution >= 4 is 5.78 Å². The molecule has 0 bridgehead atoms. The molecule has 1 N–H and O–H groups in total. The highest BCUT2D eigenvalue weighted by Gasteiger charge is 2.51. The van der Waals surface area contributed by atoms with E-state index in [2.05, 4.69) is 18.8 Å². The second kappa shape index (κ2) is 6.35. The van der Waals surface area contributed by atoms with Crippen molar-refractivity contribution in [1.29, 1.82) is 0 Å². The van der Waals surface area contributed by atoms with E-state index in [1.54, 1.807) is 0 Å². The Morgan fingerprint density at radius 2 is 2.08 bits per heavy atom. The smallest absolute Gasteiger partial charge is 0.165 e. The molecule has 134 valence electrons. The molecule has 4 nitrogen and oxygen atoms in total. The monoisotopic (exact) mass is 348 g/mol. The molecule has 1 aromatic heterocycles. The zero-order chi connectivity index (χ0) is 18.3. The van der Waals surface area contributed by atoms with E-state index in [1.807, 2.05) is 36.5 Å². The van der Waals surface area contributed by atoms with E-state index in [4.69, 9.17) is 4.98 Å². The second-order valence-corrected chi connectivity index (χ2v) is 7.71. The van der Waals surface area contributed by atoms with E-state index in [9.17, 15) is 9.90 Å². The van der Waals surface area contributed by atoms with Gasteiger partial charge in [-0.25, -0.2) is 9.97 Å². The van der Waals surface area contributed by atoms with E-state index in [-0.39, 0.29) is 23.0 Å². The largest absolute Gasteiger partial charge is 0.515 e. The van der Waals surface area contributed by atoms with Crippen LogP contribution in [0.4, 0.5) is 0 Å². The predicted molar refractivity (Wildman–Crippen MR) is 101 cm³/mol. The van der Waals surface area contributed by atoms with Gasteiger partial charge in [-0.3, -0.25) is 4.79 Å². The number of aromatic nitrogens is 2. The van der Waals surface area contributed by atoms with Gasteiger partial charge in [0.2, 0.25) is 0 Å². The number of rotatable bonds is 2. The first-order valence-electron chi connectivity index (χ1n) is 9.37. The number of allylic oxidation sites excluding steroid dienone is 1. The number of carbonyl (C=O) groups is 1. The maximum atomic E-state index is 12.7. The summed E-state index contributed by atoms with van der Waals surface area (Å²) in [5.41, 5.74) is 3.50. The average Bonchev–Trinajstić information content (AvgIpc) is 2.68. The van der Waals surface area contributed by atoms with Gasteiger partial charge >= 0.3 is 0 Å². The molecule has 0 unspecified atom stereocenters. The molecular weight excluding hydrogens is 324 g/mol. The number of nitrogens with zero attached hydrogens (tertiary/aromatic N) is 2. The Morgan fingerprint density at radius 3 is 2.77 bits per heavy atom. The van der Waals surface area contributed by atoms with Crippen molar-refractivity contribution in [2.75, 3.05) is 0 Å². The van der Waals surface area contributed by atoms with Gasteiger partial charge in [-0.2, -0.15) is 0 Å². The SMILES string of the molecule is CC[C@@H]1C(=O)/C(=C\O)C[C@]2(C)c3nc(-c4ccccc4)ncc3CC[C@@H]12. The molecule has 1 aromatic carbocycles. The summed E-state index contributed by atoms with van der Waals surface area (Å²) >= 11 is 0. The van der Waals surface area contributed by atoms with Gasteiger partial charge in [0, 0.05) is 28.7 Å². The summed E-state index contributed by atoms with van der Waals surface area (Å²) in [5.74, 6) is 1.05. The fraction of sp³-hybridized carbons (Fsp3) is 0.409. The molecule has 26 heavy (non-hydrogen) atoms. The summed E-state index contributed by atoms with van der Waals surface area (Å²) in [7, 11) is 0. The Kier molecular flexibility index (Phi) is 4.14. The number of fused-ring (bicyclic) bond motifs is 3. The molecule has 0 amide bonds. The molecule has 0 radical (unpaired) electrons. The average molecular weight is 348 g/mol. The number of hydrogen-bond acceptors (Lipinski definition) is 4. The van der Waals surface area contributed by atoms with Crippen molar-refractivity contribution in [3.63, 3.8) is 0 Å². The minimum Gasteiger partial charge on any atom is -0.515 e. The van der Waals surface area contributed by atoms with Gasteiger partial charge < -0.3 is 5.11 Å². The number of aliphatic hydroxyl groups excluding tert-OH is 1. The number of ketones is 1. The van der Waals surface area contributed by atoms with Crippen molar-refractivity contribution in [3.05, 3.63) is 59.6 Å².